The normalized spacial score (nSPS) is 15.2. The van der Waals surface area contributed by atoms with E-state index in [1.165, 1.54) is 40.7 Å². The molecule has 4 aromatic heterocycles. The second-order valence-corrected chi connectivity index (χ2v) is 16.7. The number of imidazole rings is 2. The van der Waals surface area contributed by atoms with Crippen LogP contribution in [0.3, 0.4) is 0 Å². The molecule has 0 saturated heterocycles. The van der Waals surface area contributed by atoms with E-state index >= 15 is 0 Å². The van der Waals surface area contributed by atoms with Crippen LogP contribution in [0.2, 0.25) is 5.28 Å². The Balaban J connectivity index is 0.000000163. The van der Waals surface area contributed by atoms with Gasteiger partial charge >= 0.3 is 12.4 Å². The fourth-order valence-electron chi connectivity index (χ4n) is 7.82. The van der Waals surface area contributed by atoms with Gasteiger partial charge in [0.15, 0.2) is 23.1 Å². The van der Waals surface area contributed by atoms with Crippen molar-refractivity contribution >= 4 is 40.6 Å². The van der Waals surface area contributed by atoms with Gasteiger partial charge in [0.2, 0.25) is 11.2 Å². The van der Waals surface area contributed by atoms with E-state index in [0.717, 1.165) is 35.7 Å². The second kappa shape index (κ2) is 20.5. The standard InChI is InChI=1S/C24H19F5N6O.C14H10ClF4N3O.C10H10FN3/c1-13-10-35(12-31-13)19-6-4-15(8-18(19)26)32-23-30-9-21-22(33-23)34(2)20(11-36-21)16-5-3-14(25)7-17(16)24(27,28)29;1-22-10(6-23-11-5-20-13(15)21-12(11)22)8-3-2-7(16)4-9(8)14(17,18)19;1-7-5-14(6-13-7)10-3-2-8(12)4-9(10)11/h3-10,12,20H,11H2,1-2H3,(H,30,32,33);2-5,10H,6H2,1H3;2-6H,12H2,1H3. The van der Waals surface area contributed by atoms with Gasteiger partial charge in [-0.1, -0.05) is 12.1 Å². The molecule has 0 radical (unpaired) electrons. The van der Waals surface area contributed by atoms with Gasteiger partial charge in [0.25, 0.3) is 0 Å². The minimum absolute atomic E-state index is 0.0463. The smallest absolute Gasteiger partial charge is 0.416 e. The summed E-state index contributed by atoms with van der Waals surface area (Å²) in [6, 6.07) is 12.5. The fraction of sp³-hybridized carbons (Fsp3) is 0.208. The molecule has 10 rings (SSSR count). The predicted molar refractivity (Wildman–Crippen MR) is 249 cm³/mol. The van der Waals surface area contributed by atoms with Crippen molar-refractivity contribution in [1.82, 2.24) is 39.0 Å². The average Bonchev–Trinajstić information content (AvgIpc) is 3.97. The summed E-state index contributed by atoms with van der Waals surface area (Å²) in [4.78, 5) is 27.4. The zero-order valence-electron chi connectivity index (χ0n) is 38.5. The Kier molecular flexibility index (Phi) is 14.4. The number of nitrogen functional groups attached to an aromatic ring is 1. The molecule has 3 N–H and O–H groups in total. The van der Waals surface area contributed by atoms with Gasteiger partial charge in [-0.25, -0.2) is 37.5 Å². The molecule has 0 saturated carbocycles. The number of nitrogens with zero attached hydrogens (tertiary/aromatic N) is 10. The minimum atomic E-state index is -4.75. The Morgan fingerprint density at radius 1 is 0.616 bits per heavy atom. The van der Waals surface area contributed by atoms with Gasteiger partial charge in [0.1, 0.15) is 36.5 Å². The van der Waals surface area contributed by atoms with Crippen LogP contribution in [0.1, 0.15) is 45.7 Å². The maximum absolute atomic E-state index is 14.7. The number of likely N-dealkylation sites (N-methyl/N-ethyl adjacent to an activating group) is 2. The van der Waals surface area contributed by atoms with Gasteiger partial charge in [0.05, 0.1) is 71.0 Å². The Labute approximate surface area is 413 Å². The highest BCUT2D eigenvalue weighted by molar-refractivity contribution is 6.28. The van der Waals surface area contributed by atoms with Crippen LogP contribution in [-0.2, 0) is 12.4 Å². The first-order valence-corrected chi connectivity index (χ1v) is 21.9. The summed E-state index contributed by atoms with van der Waals surface area (Å²) in [6.45, 7) is 3.48. The van der Waals surface area contributed by atoms with Crippen molar-refractivity contribution in [3.05, 3.63) is 172 Å². The number of hydrogen-bond donors (Lipinski definition) is 2. The summed E-state index contributed by atoms with van der Waals surface area (Å²) in [5, 5.41) is 2.85. The Morgan fingerprint density at radius 2 is 1.10 bits per heavy atom. The molecule has 0 fully saturated rings. The molecule has 73 heavy (non-hydrogen) atoms. The Hall–Kier alpha value is -8.15. The molecule has 0 bridgehead atoms. The van der Waals surface area contributed by atoms with E-state index in [1.54, 1.807) is 73.1 Å². The molecule has 2 unspecified atom stereocenters. The molecule has 8 aromatic rings. The van der Waals surface area contributed by atoms with E-state index in [4.69, 9.17) is 26.8 Å². The van der Waals surface area contributed by atoms with Crippen LogP contribution in [0.15, 0.2) is 110 Å². The van der Waals surface area contributed by atoms with Crippen LogP contribution in [0.4, 0.5) is 72.9 Å². The third-order valence-corrected chi connectivity index (χ3v) is 11.5. The summed E-state index contributed by atoms with van der Waals surface area (Å²) in [7, 11) is 3.13. The van der Waals surface area contributed by atoms with Crippen LogP contribution in [0.25, 0.3) is 11.4 Å². The number of nitrogens with one attached hydrogen (secondary N) is 1. The van der Waals surface area contributed by atoms with E-state index in [1.807, 2.05) is 6.92 Å². The molecule has 14 nitrogen and oxygen atoms in total. The van der Waals surface area contributed by atoms with Crippen molar-refractivity contribution < 1.29 is 53.4 Å². The highest BCUT2D eigenvalue weighted by Gasteiger charge is 2.40. The van der Waals surface area contributed by atoms with Crippen molar-refractivity contribution in [3.63, 3.8) is 0 Å². The van der Waals surface area contributed by atoms with Gasteiger partial charge in [-0.15, -0.1) is 0 Å². The second-order valence-electron chi connectivity index (χ2n) is 16.4. The van der Waals surface area contributed by atoms with E-state index in [0.29, 0.717) is 40.6 Å². The van der Waals surface area contributed by atoms with Gasteiger partial charge < -0.3 is 39.5 Å². The van der Waals surface area contributed by atoms with E-state index in [9.17, 15) is 43.9 Å². The van der Waals surface area contributed by atoms with E-state index in [2.05, 4.69) is 35.2 Å². The zero-order valence-corrected chi connectivity index (χ0v) is 39.2. The number of anilines is 5. The molecule has 2 aliphatic rings. The number of benzene rings is 4. The highest BCUT2D eigenvalue weighted by Crippen LogP contribution is 2.44. The number of rotatable bonds is 6. The van der Waals surface area contributed by atoms with E-state index < -0.39 is 53.0 Å². The lowest BCUT2D eigenvalue weighted by Crippen LogP contribution is -2.35. The molecular formula is C48H39ClF10N12O2. The average molecular weight is 1040 g/mol. The molecule has 6 heterocycles. The number of alkyl halides is 6. The monoisotopic (exact) mass is 1040 g/mol. The molecule has 0 aliphatic carbocycles. The van der Waals surface area contributed by atoms with Crippen molar-refractivity contribution in [3.8, 4) is 22.9 Å². The molecule has 2 aliphatic heterocycles. The quantitative estimate of drug-likeness (QED) is 0.0927. The third kappa shape index (κ3) is 11.5. The van der Waals surface area contributed by atoms with Gasteiger partial charge in [-0.05, 0) is 97.2 Å². The van der Waals surface area contributed by atoms with Gasteiger partial charge in [-0.3, -0.25) is 0 Å². The molecule has 0 spiro atoms. The third-order valence-electron chi connectivity index (χ3n) is 11.4. The first kappa shape index (κ1) is 51.2. The summed E-state index contributed by atoms with van der Waals surface area (Å²) in [5.74, 6) is -1.60. The minimum Gasteiger partial charge on any atom is -0.486 e. The topological polar surface area (TPSA) is 150 Å². The van der Waals surface area contributed by atoms with Crippen molar-refractivity contribution in [2.45, 2.75) is 38.3 Å². The van der Waals surface area contributed by atoms with Crippen LogP contribution in [0.5, 0.6) is 11.5 Å². The summed E-state index contributed by atoms with van der Waals surface area (Å²) >= 11 is 5.73. The molecule has 25 heteroatoms. The largest absolute Gasteiger partial charge is 0.486 e. The van der Waals surface area contributed by atoms with Crippen molar-refractivity contribution in [1.29, 1.82) is 0 Å². The first-order valence-electron chi connectivity index (χ1n) is 21.5. The molecule has 380 valence electrons. The van der Waals surface area contributed by atoms with Crippen LogP contribution in [0, 0.1) is 37.1 Å². The highest BCUT2D eigenvalue weighted by atomic mass is 35.5. The number of ether oxygens (including phenoxy) is 2. The fourth-order valence-corrected chi connectivity index (χ4v) is 7.94. The number of halogens is 11. The van der Waals surface area contributed by atoms with Crippen LogP contribution >= 0.6 is 11.6 Å². The Bertz CT molecular complexity index is 3300. The van der Waals surface area contributed by atoms with Crippen LogP contribution < -0.4 is 30.3 Å². The first-order chi connectivity index (χ1) is 34.5. The number of aromatic nitrogens is 8. The summed E-state index contributed by atoms with van der Waals surface area (Å²) < 4.78 is 150. The zero-order chi connectivity index (χ0) is 52.5. The van der Waals surface area contributed by atoms with Crippen molar-refractivity contribution in [2.24, 2.45) is 0 Å². The van der Waals surface area contributed by atoms with Crippen molar-refractivity contribution in [2.75, 3.05) is 48.2 Å². The number of fused-ring (bicyclic) bond motifs is 2. The molecular weight excluding hydrogens is 1000 g/mol. The molecule has 4 aromatic carbocycles. The van der Waals surface area contributed by atoms with Gasteiger partial charge in [0, 0.05) is 37.9 Å². The summed E-state index contributed by atoms with van der Waals surface area (Å²) in [5.41, 5.74) is 6.23. The van der Waals surface area contributed by atoms with Gasteiger partial charge in [-0.2, -0.15) is 36.3 Å². The lowest BCUT2D eigenvalue weighted by molar-refractivity contribution is -0.139. The SMILES string of the molecule is CN1c2nc(Cl)ncc2OCC1c1ccc(F)cc1C(F)(F)F.Cc1cn(-c2ccc(N)cc2F)cn1.Cc1cn(-c2ccc(Nc3ncc4c(n3)N(C)C(c3ccc(F)cc3C(F)(F)F)CO4)cc2F)cn1. The molecule has 2 atom stereocenters. The maximum Gasteiger partial charge on any atom is 0.416 e. The number of aryl methyl sites for hydroxylation is 2. The summed E-state index contributed by atoms with van der Waals surface area (Å²) in [6.07, 6.45) is -0.165. The Morgan fingerprint density at radius 3 is 1.56 bits per heavy atom. The predicted octanol–water partition coefficient (Wildman–Crippen LogP) is 11.3. The molecule has 0 amide bonds. The lowest BCUT2D eigenvalue weighted by Gasteiger charge is -2.36. The number of nitrogens with two attached hydrogens (primary N) is 1. The number of hydrogen-bond acceptors (Lipinski definition) is 12. The maximum atomic E-state index is 14.7. The van der Waals surface area contributed by atoms with Crippen LogP contribution in [-0.4, -0.2) is 66.3 Å². The van der Waals surface area contributed by atoms with E-state index in [-0.39, 0.29) is 58.8 Å². The lowest BCUT2D eigenvalue weighted by atomic mass is 9.98.